The summed E-state index contributed by atoms with van der Waals surface area (Å²) >= 11 is 0. The van der Waals surface area contributed by atoms with E-state index in [1.165, 1.54) is 11.1 Å². The Bertz CT molecular complexity index is 387. The van der Waals surface area contributed by atoms with Gasteiger partial charge >= 0.3 is 0 Å². The third-order valence-corrected chi connectivity index (χ3v) is 4.11. The van der Waals surface area contributed by atoms with Crippen molar-refractivity contribution in [3.8, 4) is 0 Å². The summed E-state index contributed by atoms with van der Waals surface area (Å²) < 4.78 is 6.09. The zero-order valence-corrected chi connectivity index (χ0v) is 12.0. The van der Waals surface area contributed by atoms with Crippen molar-refractivity contribution in [1.29, 1.82) is 0 Å². The van der Waals surface area contributed by atoms with Crippen LogP contribution in [0.15, 0.2) is 24.3 Å². The van der Waals surface area contributed by atoms with Gasteiger partial charge in [0.1, 0.15) is 0 Å². The first kappa shape index (κ1) is 13.6. The van der Waals surface area contributed by atoms with E-state index in [-0.39, 0.29) is 11.6 Å². The highest BCUT2D eigenvalue weighted by molar-refractivity contribution is 5.25. The summed E-state index contributed by atoms with van der Waals surface area (Å²) in [6.07, 6.45) is 2.36. The lowest BCUT2D eigenvalue weighted by Crippen LogP contribution is -2.56. The molecule has 1 aliphatic rings. The molecule has 1 aromatic rings. The van der Waals surface area contributed by atoms with Crippen LogP contribution >= 0.6 is 0 Å². The molecule has 1 saturated heterocycles. The molecule has 0 bridgehead atoms. The van der Waals surface area contributed by atoms with Gasteiger partial charge in [-0.05, 0) is 37.8 Å². The predicted molar refractivity (Wildman–Crippen MR) is 75.8 cm³/mol. The summed E-state index contributed by atoms with van der Waals surface area (Å²) in [4.78, 5) is 0. The van der Waals surface area contributed by atoms with Crippen LogP contribution in [0.5, 0.6) is 0 Å². The molecule has 1 N–H and O–H groups in total. The largest absolute Gasteiger partial charge is 0.370 e. The molecule has 0 aliphatic carbocycles. The summed E-state index contributed by atoms with van der Waals surface area (Å²) in [5, 5.41) is 3.69. The quantitative estimate of drug-likeness (QED) is 0.883. The molecule has 1 heterocycles. The molecule has 0 spiro atoms. The van der Waals surface area contributed by atoms with Crippen molar-refractivity contribution in [2.24, 2.45) is 0 Å². The van der Waals surface area contributed by atoms with Crippen LogP contribution in [-0.4, -0.2) is 18.2 Å². The molecular formula is C16H25NO. The lowest BCUT2D eigenvalue weighted by Gasteiger charge is -2.42. The molecule has 100 valence electrons. The monoisotopic (exact) mass is 247 g/mol. The highest BCUT2D eigenvalue weighted by Crippen LogP contribution is 2.29. The number of hydrogen-bond acceptors (Lipinski definition) is 2. The van der Waals surface area contributed by atoms with Crippen molar-refractivity contribution in [2.45, 2.75) is 58.2 Å². The second kappa shape index (κ2) is 5.41. The van der Waals surface area contributed by atoms with E-state index in [1.807, 2.05) is 0 Å². The van der Waals surface area contributed by atoms with Gasteiger partial charge in [0.25, 0.3) is 0 Å². The molecule has 0 saturated carbocycles. The van der Waals surface area contributed by atoms with Crippen LogP contribution < -0.4 is 5.32 Å². The molecule has 3 unspecified atom stereocenters. The summed E-state index contributed by atoms with van der Waals surface area (Å²) in [5.74, 6) is 0. The number of aryl methyl sites for hydroxylation is 1. The molecule has 0 radical (unpaired) electrons. The fourth-order valence-corrected chi connectivity index (χ4v) is 2.62. The molecule has 0 amide bonds. The van der Waals surface area contributed by atoms with Crippen molar-refractivity contribution >= 4 is 0 Å². The first-order chi connectivity index (χ1) is 8.58. The van der Waals surface area contributed by atoms with Crippen molar-refractivity contribution in [3.05, 3.63) is 35.4 Å². The molecule has 3 atom stereocenters. The average molecular weight is 247 g/mol. The van der Waals surface area contributed by atoms with Gasteiger partial charge in [0.15, 0.2) is 0 Å². The van der Waals surface area contributed by atoms with Gasteiger partial charge in [0.2, 0.25) is 0 Å². The van der Waals surface area contributed by atoms with Crippen LogP contribution in [0.4, 0.5) is 0 Å². The molecule has 2 heteroatoms. The second-order valence-corrected chi connectivity index (χ2v) is 5.67. The number of benzene rings is 1. The minimum atomic E-state index is 0.124. The molecule has 2 nitrogen and oxygen atoms in total. The van der Waals surface area contributed by atoms with Gasteiger partial charge in [0, 0.05) is 11.6 Å². The van der Waals surface area contributed by atoms with E-state index in [0.717, 1.165) is 19.4 Å². The Kier molecular flexibility index (Phi) is 4.08. The molecule has 2 rings (SSSR count). The van der Waals surface area contributed by atoms with Crippen molar-refractivity contribution in [2.75, 3.05) is 6.61 Å². The van der Waals surface area contributed by atoms with E-state index in [0.29, 0.717) is 6.04 Å². The zero-order chi connectivity index (χ0) is 13.2. The minimum absolute atomic E-state index is 0.124. The highest BCUT2D eigenvalue weighted by Gasteiger charge is 2.35. The number of nitrogens with one attached hydrogen (secondary N) is 1. The molecule has 1 aliphatic heterocycles. The second-order valence-electron chi connectivity index (χ2n) is 5.67. The zero-order valence-electron chi connectivity index (χ0n) is 12.0. The van der Waals surface area contributed by atoms with Gasteiger partial charge < -0.3 is 10.1 Å². The molecule has 1 fully saturated rings. The normalized spacial score (nSPS) is 32.4. The Morgan fingerprint density at radius 3 is 2.44 bits per heavy atom. The average Bonchev–Trinajstić information content (AvgIpc) is 2.39. The highest BCUT2D eigenvalue weighted by atomic mass is 16.5. The van der Waals surface area contributed by atoms with Crippen molar-refractivity contribution in [3.63, 3.8) is 0 Å². The van der Waals surface area contributed by atoms with Crippen molar-refractivity contribution < 1.29 is 4.74 Å². The summed E-state index contributed by atoms with van der Waals surface area (Å²) in [7, 11) is 0. The molecular weight excluding hydrogens is 222 g/mol. The Balaban J connectivity index is 2.10. The van der Waals surface area contributed by atoms with Gasteiger partial charge in [0.05, 0.1) is 12.7 Å². The van der Waals surface area contributed by atoms with E-state index in [4.69, 9.17) is 4.74 Å². The fourth-order valence-electron chi connectivity index (χ4n) is 2.62. The van der Waals surface area contributed by atoms with Crippen LogP contribution in [0, 0.1) is 0 Å². The Labute approximate surface area is 111 Å². The van der Waals surface area contributed by atoms with E-state index < -0.39 is 0 Å². The Morgan fingerprint density at radius 1 is 1.28 bits per heavy atom. The SMILES string of the molecule is CCc1ccc(C2OCC(C)(CC)NC2C)cc1. The van der Waals surface area contributed by atoms with Crippen molar-refractivity contribution in [1.82, 2.24) is 5.32 Å². The lowest BCUT2D eigenvalue weighted by molar-refractivity contribution is -0.0561. The molecule has 0 aromatic heterocycles. The van der Waals surface area contributed by atoms with Crippen LogP contribution in [0.1, 0.15) is 51.3 Å². The standard InChI is InChI=1S/C16H25NO/c1-5-13-7-9-14(10-8-13)15-12(3)17-16(4,6-2)11-18-15/h7-10,12,15,17H,5-6,11H2,1-4H3. The topological polar surface area (TPSA) is 21.3 Å². The maximum absolute atomic E-state index is 6.09. The summed E-state index contributed by atoms with van der Waals surface area (Å²) in [6.45, 7) is 9.63. The number of rotatable bonds is 3. The summed E-state index contributed by atoms with van der Waals surface area (Å²) in [5.41, 5.74) is 2.79. The van der Waals surface area contributed by atoms with Crippen LogP contribution in [0.25, 0.3) is 0 Å². The van der Waals surface area contributed by atoms with E-state index in [9.17, 15) is 0 Å². The molecule has 1 aromatic carbocycles. The number of ether oxygens (including phenoxy) is 1. The van der Waals surface area contributed by atoms with Gasteiger partial charge in [-0.3, -0.25) is 0 Å². The Morgan fingerprint density at radius 2 is 1.94 bits per heavy atom. The first-order valence-corrected chi connectivity index (χ1v) is 7.06. The number of hydrogen-bond donors (Lipinski definition) is 1. The van der Waals surface area contributed by atoms with E-state index in [1.54, 1.807) is 0 Å². The third kappa shape index (κ3) is 2.76. The molecule has 18 heavy (non-hydrogen) atoms. The lowest BCUT2D eigenvalue weighted by atomic mass is 9.92. The third-order valence-electron chi connectivity index (χ3n) is 4.11. The predicted octanol–water partition coefficient (Wildman–Crippen LogP) is 3.47. The maximum Gasteiger partial charge on any atom is 0.0976 e. The van der Waals surface area contributed by atoms with E-state index >= 15 is 0 Å². The first-order valence-electron chi connectivity index (χ1n) is 7.06. The smallest absolute Gasteiger partial charge is 0.0976 e. The van der Waals surface area contributed by atoms with Crippen LogP contribution in [0.3, 0.4) is 0 Å². The Hall–Kier alpha value is -0.860. The van der Waals surface area contributed by atoms with Gasteiger partial charge in [-0.25, -0.2) is 0 Å². The maximum atomic E-state index is 6.09. The van der Waals surface area contributed by atoms with Gasteiger partial charge in [-0.1, -0.05) is 38.1 Å². The summed E-state index contributed by atoms with van der Waals surface area (Å²) in [6, 6.07) is 9.18. The van der Waals surface area contributed by atoms with Crippen LogP contribution in [-0.2, 0) is 11.2 Å². The van der Waals surface area contributed by atoms with Gasteiger partial charge in [-0.15, -0.1) is 0 Å². The van der Waals surface area contributed by atoms with Crippen LogP contribution in [0.2, 0.25) is 0 Å². The van der Waals surface area contributed by atoms with Gasteiger partial charge in [-0.2, -0.15) is 0 Å². The minimum Gasteiger partial charge on any atom is -0.370 e. The van der Waals surface area contributed by atoms with E-state index in [2.05, 4.69) is 57.3 Å². The number of morpholine rings is 1. The fraction of sp³-hybridized carbons (Fsp3) is 0.625.